The molecule has 2 N–H and O–H groups in total. The normalized spacial score (nSPS) is 10.8. The van der Waals surface area contributed by atoms with Crippen molar-refractivity contribution in [1.82, 2.24) is 14.5 Å². The lowest BCUT2D eigenvalue weighted by Crippen LogP contribution is -2.33. The predicted molar refractivity (Wildman–Crippen MR) is 113 cm³/mol. The first-order valence-corrected chi connectivity index (χ1v) is 9.33. The van der Waals surface area contributed by atoms with Gasteiger partial charge in [-0.15, -0.1) is 0 Å². The van der Waals surface area contributed by atoms with Crippen molar-refractivity contribution < 1.29 is 19.0 Å². The molecule has 9 heteroatoms. The Bertz CT molecular complexity index is 1370. The molecule has 31 heavy (non-hydrogen) atoms. The lowest BCUT2D eigenvalue weighted by atomic mass is 10.2. The van der Waals surface area contributed by atoms with E-state index in [2.05, 4.69) is 9.97 Å². The summed E-state index contributed by atoms with van der Waals surface area (Å²) in [6.45, 7) is 0.0822. The molecule has 0 atom stereocenters. The van der Waals surface area contributed by atoms with Crippen LogP contribution in [0.15, 0.2) is 64.2 Å². The Morgan fingerprint density at radius 2 is 1.74 bits per heavy atom. The molecule has 4 rings (SSSR count). The molecule has 9 nitrogen and oxygen atoms in total. The first kappa shape index (κ1) is 20.0. The van der Waals surface area contributed by atoms with Crippen LogP contribution in [0.5, 0.6) is 11.5 Å². The van der Waals surface area contributed by atoms with Crippen molar-refractivity contribution in [1.29, 1.82) is 0 Å². The van der Waals surface area contributed by atoms with E-state index in [0.29, 0.717) is 5.75 Å². The summed E-state index contributed by atoms with van der Waals surface area (Å²) in [5.41, 5.74) is 0.0646. The zero-order chi connectivity index (χ0) is 22.0. The maximum atomic E-state index is 13.1. The average molecular weight is 421 g/mol. The number of methoxy groups -OCH3 is 2. The number of aromatic nitrogens is 3. The van der Waals surface area contributed by atoms with E-state index in [1.807, 2.05) is 30.3 Å². The van der Waals surface area contributed by atoms with Crippen LogP contribution < -0.4 is 20.7 Å². The molecule has 0 spiro atoms. The second-order valence-electron chi connectivity index (χ2n) is 6.64. The number of hydrogen-bond acceptors (Lipinski definition) is 6. The van der Waals surface area contributed by atoms with Crippen molar-refractivity contribution in [2.45, 2.75) is 6.61 Å². The highest BCUT2D eigenvalue weighted by Gasteiger charge is 2.18. The number of nitrogens with one attached hydrogen (secondary N) is 2. The van der Waals surface area contributed by atoms with Gasteiger partial charge in [-0.05, 0) is 23.8 Å². The van der Waals surface area contributed by atoms with Gasteiger partial charge in [-0.2, -0.15) is 0 Å². The third-order valence-electron chi connectivity index (χ3n) is 4.74. The van der Waals surface area contributed by atoms with E-state index >= 15 is 0 Å². The Morgan fingerprint density at radius 3 is 2.45 bits per heavy atom. The number of carbonyl (C=O) groups is 1. The number of benzene rings is 2. The quantitative estimate of drug-likeness (QED) is 0.462. The van der Waals surface area contributed by atoms with Crippen LogP contribution in [0, 0.1) is 0 Å². The lowest BCUT2D eigenvalue weighted by molar-refractivity contribution is 0.0467. The van der Waals surface area contributed by atoms with Crippen LogP contribution in [0.4, 0.5) is 0 Å². The minimum atomic E-state index is -0.677. The van der Waals surface area contributed by atoms with Crippen molar-refractivity contribution in [3.63, 3.8) is 0 Å². The van der Waals surface area contributed by atoms with Crippen LogP contribution in [0.3, 0.4) is 0 Å². The fourth-order valence-electron chi connectivity index (χ4n) is 3.20. The molecule has 0 radical (unpaired) electrons. The van der Waals surface area contributed by atoms with Gasteiger partial charge in [0.15, 0.2) is 0 Å². The van der Waals surface area contributed by atoms with E-state index in [-0.39, 0.29) is 34.8 Å². The largest absolute Gasteiger partial charge is 0.497 e. The first-order valence-electron chi connectivity index (χ1n) is 9.33. The monoisotopic (exact) mass is 421 g/mol. The summed E-state index contributed by atoms with van der Waals surface area (Å²) in [7, 11) is 2.92. The van der Waals surface area contributed by atoms with Gasteiger partial charge in [-0.25, -0.2) is 14.2 Å². The Kier molecular flexibility index (Phi) is 5.31. The van der Waals surface area contributed by atoms with Crippen molar-refractivity contribution in [3.8, 4) is 17.2 Å². The molecule has 0 amide bonds. The van der Waals surface area contributed by atoms with Crippen LogP contribution in [0.2, 0.25) is 0 Å². The molecule has 0 aliphatic carbocycles. The molecule has 2 aromatic heterocycles. The summed E-state index contributed by atoms with van der Waals surface area (Å²) in [6, 6.07) is 15.3. The SMILES string of the molecule is COc1ccc(-n2c(=O)[nH]c3cc(C(=O)OCc4ccccc4)[nH]c3c2=O)c(OC)c1. The third kappa shape index (κ3) is 3.80. The van der Waals surface area contributed by atoms with Gasteiger partial charge in [-0.3, -0.25) is 4.79 Å². The molecule has 158 valence electrons. The molecular formula is C22H19N3O6. The van der Waals surface area contributed by atoms with E-state index in [0.717, 1.165) is 10.1 Å². The summed E-state index contributed by atoms with van der Waals surface area (Å²) in [5.74, 6) is 0.142. The fourth-order valence-corrected chi connectivity index (χ4v) is 3.20. The van der Waals surface area contributed by atoms with E-state index in [1.165, 1.54) is 26.4 Å². The first-order chi connectivity index (χ1) is 15.0. The maximum Gasteiger partial charge on any atom is 0.355 e. The lowest BCUT2D eigenvalue weighted by Gasteiger charge is -2.11. The number of H-pyrrole nitrogens is 2. The smallest absolute Gasteiger partial charge is 0.355 e. The van der Waals surface area contributed by atoms with E-state index in [1.54, 1.807) is 12.1 Å². The molecule has 0 saturated heterocycles. The molecule has 0 aliphatic rings. The minimum absolute atomic E-state index is 0.0538. The number of fused-ring (bicyclic) bond motifs is 1. The van der Waals surface area contributed by atoms with E-state index in [9.17, 15) is 14.4 Å². The Labute approximate surface area is 175 Å². The summed E-state index contributed by atoms with van der Waals surface area (Å²) < 4.78 is 16.7. The summed E-state index contributed by atoms with van der Waals surface area (Å²) in [5, 5.41) is 0. The molecule has 0 unspecified atom stereocenters. The molecular weight excluding hydrogens is 402 g/mol. The van der Waals surface area contributed by atoms with Gasteiger partial charge < -0.3 is 24.2 Å². The van der Waals surface area contributed by atoms with Crippen LogP contribution in [0.25, 0.3) is 16.7 Å². The molecule has 0 aliphatic heterocycles. The number of ether oxygens (including phenoxy) is 3. The molecule has 0 bridgehead atoms. The van der Waals surface area contributed by atoms with E-state index < -0.39 is 17.2 Å². The number of carbonyl (C=O) groups excluding carboxylic acids is 1. The van der Waals surface area contributed by atoms with Crippen LogP contribution in [0.1, 0.15) is 16.1 Å². The number of rotatable bonds is 6. The zero-order valence-electron chi connectivity index (χ0n) is 16.8. The highest BCUT2D eigenvalue weighted by molar-refractivity contribution is 5.93. The third-order valence-corrected chi connectivity index (χ3v) is 4.74. The summed E-state index contributed by atoms with van der Waals surface area (Å²) in [6.07, 6.45) is 0. The highest BCUT2D eigenvalue weighted by Crippen LogP contribution is 2.26. The maximum absolute atomic E-state index is 13.1. The van der Waals surface area contributed by atoms with Crippen molar-refractivity contribution >= 4 is 17.0 Å². The number of esters is 1. The predicted octanol–water partition coefficient (Wildman–Crippen LogP) is 2.38. The molecule has 0 saturated carbocycles. The van der Waals surface area contributed by atoms with Gasteiger partial charge in [0.2, 0.25) is 0 Å². The molecule has 4 aromatic rings. The molecule has 0 fully saturated rings. The average Bonchev–Trinajstić information content (AvgIpc) is 3.22. The van der Waals surface area contributed by atoms with Gasteiger partial charge in [-0.1, -0.05) is 30.3 Å². The van der Waals surface area contributed by atoms with Crippen LogP contribution in [-0.4, -0.2) is 34.7 Å². The molecule has 2 aromatic carbocycles. The van der Waals surface area contributed by atoms with Crippen molar-refractivity contribution in [3.05, 3.63) is 86.7 Å². The Hall–Kier alpha value is -4.27. The second kappa shape index (κ2) is 8.23. The number of hydrogen-bond donors (Lipinski definition) is 2. The van der Waals surface area contributed by atoms with E-state index in [4.69, 9.17) is 14.2 Å². The number of nitrogens with zero attached hydrogens (tertiary/aromatic N) is 1. The van der Waals surface area contributed by atoms with Gasteiger partial charge in [0, 0.05) is 6.07 Å². The second-order valence-corrected chi connectivity index (χ2v) is 6.64. The summed E-state index contributed by atoms with van der Waals surface area (Å²) in [4.78, 5) is 43.5. The van der Waals surface area contributed by atoms with Crippen LogP contribution in [-0.2, 0) is 11.3 Å². The van der Waals surface area contributed by atoms with Crippen molar-refractivity contribution in [2.24, 2.45) is 0 Å². The Balaban J connectivity index is 1.72. The van der Waals surface area contributed by atoms with Gasteiger partial charge >= 0.3 is 11.7 Å². The van der Waals surface area contributed by atoms with Gasteiger partial charge in [0.1, 0.15) is 29.3 Å². The molecule has 2 heterocycles. The Morgan fingerprint density at radius 1 is 0.968 bits per heavy atom. The minimum Gasteiger partial charge on any atom is -0.497 e. The highest BCUT2D eigenvalue weighted by atomic mass is 16.5. The van der Waals surface area contributed by atoms with Gasteiger partial charge in [0.25, 0.3) is 5.56 Å². The van der Waals surface area contributed by atoms with Crippen LogP contribution >= 0.6 is 0 Å². The topological polar surface area (TPSA) is 115 Å². The fraction of sp³-hybridized carbons (Fsp3) is 0.136. The van der Waals surface area contributed by atoms with Gasteiger partial charge in [0.05, 0.1) is 25.4 Å². The standard InChI is InChI=1S/C22H19N3O6/c1-29-14-8-9-17(18(10-14)30-2)25-20(26)19-15(24-22(25)28)11-16(23-19)21(27)31-12-13-6-4-3-5-7-13/h3-11,23H,12H2,1-2H3,(H,24,28). The number of aromatic amines is 2. The summed E-state index contributed by atoms with van der Waals surface area (Å²) >= 11 is 0. The van der Waals surface area contributed by atoms with Crippen molar-refractivity contribution in [2.75, 3.05) is 14.2 Å². The zero-order valence-corrected chi connectivity index (χ0v) is 16.8.